The second-order valence-electron chi connectivity index (χ2n) is 6.09. The van der Waals surface area contributed by atoms with Crippen molar-refractivity contribution in [1.29, 1.82) is 0 Å². The zero-order valence-corrected chi connectivity index (χ0v) is 13.9. The number of carbonyl (C=O) groups excluding carboxylic acids is 2. The zero-order chi connectivity index (χ0) is 16.9. The Morgan fingerprint density at radius 2 is 2.29 bits per heavy atom. The third kappa shape index (κ3) is 3.69. The monoisotopic (exact) mass is 329 g/mol. The number of nitrogens with one attached hydrogen (secondary N) is 2. The Balaban J connectivity index is 1.49. The van der Waals surface area contributed by atoms with Gasteiger partial charge in [0.15, 0.2) is 0 Å². The molecule has 24 heavy (non-hydrogen) atoms. The Morgan fingerprint density at radius 1 is 1.42 bits per heavy atom. The Labute approximate surface area is 141 Å². The van der Waals surface area contributed by atoms with Gasteiger partial charge in [0.05, 0.1) is 13.5 Å². The van der Waals surface area contributed by atoms with Gasteiger partial charge in [0.1, 0.15) is 5.75 Å². The number of nitrogens with zero attached hydrogens (tertiary/aromatic N) is 1. The summed E-state index contributed by atoms with van der Waals surface area (Å²) in [5.74, 6) is 1.000. The number of aromatic nitrogens is 1. The van der Waals surface area contributed by atoms with E-state index in [4.69, 9.17) is 4.74 Å². The standard InChI is InChI=1S/C18H23N3O3/c1-24-14-5-6-16-15(11-14)13(12-20-16)10-17(22)19-7-3-9-21-8-2-4-18(21)23/h5-6,11-12,20H,2-4,7-10H2,1H3,(H,19,22). The molecular formula is C18H23N3O3. The van der Waals surface area contributed by atoms with Crippen LogP contribution in [-0.2, 0) is 16.0 Å². The van der Waals surface area contributed by atoms with Crippen LogP contribution in [0, 0.1) is 0 Å². The summed E-state index contributed by atoms with van der Waals surface area (Å²) in [6, 6.07) is 5.78. The van der Waals surface area contributed by atoms with Gasteiger partial charge in [0.25, 0.3) is 0 Å². The van der Waals surface area contributed by atoms with E-state index >= 15 is 0 Å². The smallest absolute Gasteiger partial charge is 0.224 e. The van der Waals surface area contributed by atoms with E-state index < -0.39 is 0 Å². The van der Waals surface area contributed by atoms with Crippen LogP contribution in [0.1, 0.15) is 24.8 Å². The predicted octanol–water partition coefficient (Wildman–Crippen LogP) is 1.85. The van der Waals surface area contributed by atoms with Crippen molar-refractivity contribution in [3.05, 3.63) is 30.0 Å². The molecule has 1 saturated heterocycles. The molecule has 0 aliphatic carbocycles. The third-order valence-corrected chi connectivity index (χ3v) is 4.42. The summed E-state index contributed by atoms with van der Waals surface area (Å²) in [4.78, 5) is 28.7. The zero-order valence-electron chi connectivity index (χ0n) is 13.9. The normalized spacial score (nSPS) is 14.4. The Morgan fingerprint density at radius 3 is 3.04 bits per heavy atom. The lowest BCUT2D eigenvalue weighted by molar-refractivity contribution is -0.127. The molecule has 6 nitrogen and oxygen atoms in total. The van der Waals surface area contributed by atoms with E-state index in [1.54, 1.807) is 7.11 Å². The number of likely N-dealkylation sites (tertiary alicyclic amines) is 1. The number of H-pyrrole nitrogens is 1. The lowest BCUT2D eigenvalue weighted by Gasteiger charge is -2.15. The minimum absolute atomic E-state index is 0.00790. The molecule has 0 bridgehead atoms. The van der Waals surface area contributed by atoms with Crippen molar-refractivity contribution < 1.29 is 14.3 Å². The Hall–Kier alpha value is -2.50. The average Bonchev–Trinajstić information content (AvgIpc) is 3.17. The van der Waals surface area contributed by atoms with Crippen molar-refractivity contribution >= 4 is 22.7 Å². The maximum Gasteiger partial charge on any atom is 0.224 e. The molecule has 2 N–H and O–H groups in total. The highest BCUT2D eigenvalue weighted by molar-refractivity contribution is 5.89. The van der Waals surface area contributed by atoms with E-state index in [0.29, 0.717) is 19.4 Å². The van der Waals surface area contributed by atoms with Crippen molar-refractivity contribution in [3.8, 4) is 5.75 Å². The van der Waals surface area contributed by atoms with Crippen LogP contribution in [0.5, 0.6) is 5.75 Å². The highest BCUT2D eigenvalue weighted by atomic mass is 16.5. The SMILES string of the molecule is COc1ccc2[nH]cc(CC(=O)NCCCN3CCCC3=O)c2c1. The number of ether oxygens (including phenoxy) is 1. The van der Waals surface area contributed by atoms with Gasteiger partial charge < -0.3 is 19.9 Å². The van der Waals surface area contributed by atoms with Gasteiger partial charge in [-0.25, -0.2) is 0 Å². The molecule has 3 rings (SSSR count). The third-order valence-electron chi connectivity index (χ3n) is 4.42. The van der Waals surface area contributed by atoms with E-state index in [2.05, 4.69) is 10.3 Å². The summed E-state index contributed by atoms with van der Waals surface area (Å²) in [5, 5.41) is 3.94. The number of benzene rings is 1. The fraction of sp³-hybridized carbons (Fsp3) is 0.444. The first-order valence-corrected chi connectivity index (χ1v) is 8.36. The van der Waals surface area contributed by atoms with Crippen LogP contribution < -0.4 is 10.1 Å². The minimum atomic E-state index is -0.00790. The fourth-order valence-electron chi connectivity index (χ4n) is 3.10. The quantitative estimate of drug-likeness (QED) is 0.761. The van der Waals surface area contributed by atoms with E-state index in [1.807, 2.05) is 29.3 Å². The van der Waals surface area contributed by atoms with Gasteiger partial charge in [-0.05, 0) is 36.6 Å². The van der Waals surface area contributed by atoms with Crippen LogP contribution in [0.25, 0.3) is 10.9 Å². The molecule has 1 aliphatic rings. The summed E-state index contributed by atoms with van der Waals surface area (Å²) in [7, 11) is 1.63. The van der Waals surface area contributed by atoms with Crippen molar-refractivity contribution in [2.24, 2.45) is 0 Å². The number of fused-ring (bicyclic) bond motifs is 1. The number of carbonyl (C=O) groups is 2. The first kappa shape index (κ1) is 16.4. The van der Waals surface area contributed by atoms with Gasteiger partial charge in [-0.15, -0.1) is 0 Å². The van der Waals surface area contributed by atoms with E-state index in [1.165, 1.54) is 0 Å². The maximum atomic E-state index is 12.1. The van der Waals surface area contributed by atoms with Gasteiger partial charge in [-0.2, -0.15) is 0 Å². The minimum Gasteiger partial charge on any atom is -0.497 e. The molecule has 128 valence electrons. The highest BCUT2D eigenvalue weighted by Gasteiger charge is 2.19. The first-order chi connectivity index (χ1) is 11.7. The van der Waals surface area contributed by atoms with Gasteiger partial charge >= 0.3 is 0 Å². The molecule has 0 radical (unpaired) electrons. The van der Waals surface area contributed by atoms with E-state index in [-0.39, 0.29) is 11.8 Å². The molecule has 2 aromatic rings. The summed E-state index contributed by atoms with van der Waals surface area (Å²) < 4.78 is 5.24. The number of hydrogen-bond donors (Lipinski definition) is 2. The van der Waals surface area contributed by atoms with Gasteiger partial charge in [0.2, 0.25) is 11.8 Å². The van der Waals surface area contributed by atoms with Crippen LogP contribution in [-0.4, -0.2) is 48.4 Å². The number of amides is 2. The van der Waals surface area contributed by atoms with Crippen molar-refractivity contribution in [2.45, 2.75) is 25.7 Å². The largest absolute Gasteiger partial charge is 0.497 e. The molecule has 1 aromatic heterocycles. The highest BCUT2D eigenvalue weighted by Crippen LogP contribution is 2.23. The predicted molar refractivity (Wildman–Crippen MR) is 92.0 cm³/mol. The molecule has 0 atom stereocenters. The molecule has 0 unspecified atom stereocenters. The molecule has 2 heterocycles. The fourth-order valence-corrected chi connectivity index (χ4v) is 3.10. The van der Waals surface area contributed by atoms with E-state index in [0.717, 1.165) is 48.1 Å². The topological polar surface area (TPSA) is 74.4 Å². The summed E-state index contributed by atoms with van der Waals surface area (Å²) >= 11 is 0. The molecule has 6 heteroatoms. The van der Waals surface area contributed by atoms with Crippen LogP contribution in [0.3, 0.4) is 0 Å². The Kier molecular flexibility index (Phi) is 5.03. The van der Waals surface area contributed by atoms with Crippen LogP contribution in [0.15, 0.2) is 24.4 Å². The first-order valence-electron chi connectivity index (χ1n) is 8.36. The second-order valence-corrected chi connectivity index (χ2v) is 6.09. The van der Waals surface area contributed by atoms with Gasteiger partial charge in [-0.1, -0.05) is 0 Å². The molecule has 0 spiro atoms. The molecule has 0 saturated carbocycles. The van der Waals surface area contributed by atoms with Gasteiger partial charge in [0, 0.05) is 43.2 Å². The van der Waals surface area contributed by atoms with E-state index in [9.17, 15) is 9.59 Å². The lowest BCUT2D eigenvalue weighted by Crippen LogP contribution is -2.31. The Bertz CT molecular complexity index is 738. The molecule has 1 fully saturated rings. The lowest BCUT2D eigenvalue weighted by atomic mass is 10.1. The van der Waals surface area contributed by atoms with Gasteiger partial charge in [-0.3, -0.25) is 9.59 Å². The summed E-state index contributed by atoms with van der Waals surface area (Å²) in [6.45, 7) is 2.17. The second kappa shape index (κ2) is 7.38. The van der Waals surface area contributed by atoms with Crippen molar-refractivity contribution in [1.82, 2.24) is 15.2 Å². The van der Waals surface area contributed by atoms with Crippen molar-refractivity contribution in [3.63, 3.8) is 0 Å². The number of aromatic amines is 1. The molecule has 1 aliphatic heterocycles. The average molecular weight is 329 g/mol. The summed E-state index contributed by atoms with van der Waals surface area (Å²) in [6.07, 6.45) is 4.60. The van der Waals surface area contributed by atoms with Crippen molar-refractivity contribution in [2.75, 3.05) is 26.7 Å². The molecular weight excluding hydrogens is 306 g/mol. The van der Waals surface area contributed by atoms with Crippen LogP contribution >= 0.6 is 0 Å². The number of hydrogen-bond acceptors (Lipinski definition) is 3. The number of methoxy groups -OCH3 is 1. The number of rotatable bonds is 7. The molecule has 2 amide bonds. The maximum absolute atomic E-state index is 12.1. The van der Waals surface area contributed by atoms with Crippen LogP contribution in [0.4, 0.5) is 0 Å². The molecule has 1 aromatic carbocycles. The van der Waals surface area contributed by atoms with Crippen LogP contribution in [0.2, 0.25) is 0 Å². The summed E-state index contributed by atoms with van der Waals surface area (Å²) in [5.41, 5.74) is 1.95.